The Morgan fingerprint density at radius 3 is 2.79 bits per heavy atom. The summed E-state index contributed by atoms with van der Waals surface area (Å²) in [5.41, 5.74) is 2.26. The normalized spacial score (nSPS) is 16.3. The molecular formula is C24H32ClN5O2S. The van der Waals surface area contributed by atoms with Crippen LogP contribution in [0.3, 0.4) is 0 Å². The second-order valence-corrected chi connectivity index (χ2v) is 10.4. The molecule has 0 unspecified atom stereocenters. The Kier molecular flexibility index (Phi) is 7.28. The molecule has 0 spiro atoms. The maximum Gasteiger partial charge on any atom is 0.183 e. The number of aromatic nitrogens is 2. The molecule has 0 atom stereocenters. The van der Waals surface area contributed by atoms with Gasteiger partial charge in [0.2, 0.25) is 0 Å². The number of piperazine rings is 1. The lowest BCUT2D eigenvalue weighted by Crippen LogP contribution is -2.58. The van der Waals surface area contributed by atoms with Crippen molar-refractivity contribution in [3.63, 3.8) is 0 Å². The Labute approximate surface area is 204 Å². The number of nitrogens with one attached hydrogen (secondary N) is 2. The number of anilines is 1. The number of benzene rings is 1. The highest BCUT2D eigenvalue weighted by atomic mass is 35.5. The van der Waals surface area contributed by atoms with Gasteiger partial charge >= 0.3 is 0 Å². The first-order valence-electron chi connectivity index (χ1n) is 11.3. The van der Waals surface area contributed by atoms with Gasteiger partial charge in [0.1, 0.15) is 28.8 Å². The molecule has 1 fully saturated rings. The molecule has 1 saturated heterocycles. The van der Waals surface area contributed by atoms with Crippen molar-refractivity contribution in [2.24, 2.45) is 0 Å². The van der Waals surface area contributed by atoms with Gasteiger partial charge in [0, 0.05) is 54.6 Å². The van der Waals surface area contributed by atoms with Crippen molar-refractivity contribution in [3.05, 3.63) is 28.6 Å². The first kappa shape index (κ1) is 24.0. The predicted molar refractivity (Wildman–Crippen MR) is 137 cm³/mol. The van der Waals surface area contributed by atoms with Crippen LogP contribution in [0.1, 0.15) is 27.7 Å². The molecule has 4 rings (SSSR count). The van der Waals surface area contributed by atoms with Gasteiger partial charge in [0.05, 0.1) is 18.3 Å². The molecule has 0 amide bonds. The molecule has 1 aliphatic rings. The lowest BCUT2D eigenvalue weighted by atomic mass is 10.0. The standard InChI is InChI=1S/C24H32ClN5O2S/c1-15(2)27-23-29-18(13-33-23)17-12-20(31-5)16-6-7-19(21(25)22(16)28-17)32-11-10-30-9-8-26-14-24(30,3)4/h6-7,12-13,15,26H,8-11,14H2,1-5H3,(H,27,29). The quantitative estimate of drug-likeness (QED) is 0.466. The third-order valence-electron chi connectivity index (χ3n) is 5.84. The van der Waals surface area contributed by atoms with Crippen molar-refractivity contribution >= 4 is 39.0 Å². The molecule has 0 aliphatic carbocycles. The van der Waals surface area contributed by atoms with Crippen molar-refractivity contribution in [2.75, 3.05) is 45.2 Å². The fourth-order valence-electron chi connectivity index (χ4n) is 4.03. The van der Waals surface area contributed by atoms with Crippen LogP contribution in [-0.4, -0.2) is 66.3 Å². The number of fused-ring (bicyclic) bond motifs is 1. The van der Waals surface area contributed by atoms with Gasteiger partial charge in [-0.2, -0.15) is 0 Å². The predicted octanol–water partition coefficient (Wildman–Crippen LogP) is 4.90. The first-order chi connectivity index (χ1) is 15.8. The van der Waals surface area contributed by atoms with Crippen molar-refractivity contribution in [3.8, 4) is 22.9 Å². The van der Waals surface area contributed by atoms with Crippen LogP contribution >= 0.6 is 22.9 Å². The van der Waals surface area contributed by atoms with E-state index in [1.165, 1.54) is 0 Å². The van der Waals surface area contributed by atoms with Crippen LogP contribution in [0.4, 0.5) is 5.13 Å². The van der Waals surface area contributed by atoms with Gasteiger partial charge < -0.3 is 20.1 Å². The summed E-state index contributed by atoms with van der Waals surface area (Å²) < 4.78 is 11.8. The molecule has 178 valence electrons. The zero-order chi connectivity index (χ0) is 23.6. The van der Waals surface area contributed by atoms with E-state index in [2.05, 4.69) is 48.2 Å². The summed E-state index contributed by atoms with van der Waals surface area (Å²) in [6.07, 6.45) is 0. The second kappa shape index (κ2) is 10.0. The minimum absolute atomic E-state index is 0.107. The summed E-state index contributed by atoms with van der Waals surface area (Å²) in [5.74, 6) is 1.33. The molecular weight excluding hydrogens is 458 g/mol. The van der Waals surface area contributed by atoms with Gasteiger partial charge in [-0.3, -0.25) is 4.90 Å². The topological polar surface area (TPSA) is 71.5 Å². The summed E-state index contributed by atoms with van der Waals surface area (Å²) in [7, 11) is 1.65. The lowest BCUT2D eigenvalue weighted by Gasteiger charge is -2.42. The van der Waals surface area contributed by atoms with Crippen molar-refractivity contribution in [1.29, 1.82) is 0 Å². The Hall–Kier alpha value is -2.13. The van der Waals surface area contributed by atoms with E-state index in [0.717, 1.165) is 42.4 Å². The summed E-state index contributed by atoms with van der Waals surface area (Å²) in [5, 5.41) is 11.0. The SMILES string of the molecule is COc1cc(-c2csc(NC(C)C)n2)nc2c(Cl)c(OCCN3CCNCC3(C)C)ccc12. The van der Waals surface area contributed by atoms with Crippen LogP contribution in [0.5, 0.6) is 11.5 Å². The lowest BCUT2D eigenvalue weighted by molar-refractivity contribution is 0.0744. The molecule has 1 aliphatic heterocycles. The van der Waals surface area contributed by atoms with Crippen LogP contribution in [0.25, 0.3) is 22.3 Å². The maximum atomic E-state index is 6.78. The molecule has 9 heteroatoms. The summed E-state index contributed by atoms with van der Waals surface area (Å²) in [6, 6.07) is 6.06. The Morgan fingerprint density at radius 2 is 2.06 bits per heavy atom. The van der Waals surface area contributed by atoms with Crippen LogP contribution in [-0.2, 0) is 0 Å². The fourth-order valence-corrected chi connectivity index (χ4v) is 5.14. The smallest absolute Gasteiger partial charge is 0.183 e. The van der Waals surface area contributed by atoms with E-state index in [-0.39, 0.29) is 5.54 Å². The number of ether oxygens (including phenoxy) is 2. The average Bonchev–Trinajstić information content (AvgIpc) is 3.23. The van der Waals surface area contributed by atoms with E-state index in [4.69, 9.17) is 26.1 Å². The largest absolute Gasteiger partial charge is 0.496 e. The molecule has 7 nitrogen and oxygen atoms in total. The highest BCUT2D eigenvalue weighted by molar-refractivity contribution is 7.14. The number of methoxy groups -OCH3 is 1. The molecule has 0 saturated carbocycles. The third kappa shape index (κ3) is 5.35. The van der Waals surface area contributed by atoms with E-state index in [0.29, 0.717) is 40.4 Å². The number of halogens is 1. The fraction of sp³-hybridized carbons (Fsp3) is 0.500. The van der Waals surface area contributed by atoms with Gasteiger partial charge in [-0.25, -0.2) is 9.97 Å². The summed E-state index contributed by atoms with van der Waals surface area (Å²) >= 11 is 8.34. The highest BCUT2D eigenvalue weighted by Crippen LogP contribution is 2.38. The van der Waals surface area contributed by atoms with Crippen LogP contribution in [0.2, 0.25) is 5.02 Å². The Bertz CT molecular complexity index is 1120. The maximum absolute atomic E-state index is 6.78. The molecule has 2 N–H and O–H groups in total. The minimum Gasteiger partial charge on any atom is -0.496 e. The van der Waals surface area contributed by atoms with Crippen molar-refractivity contribution in [1.82, 2.24) is 20.2 Å². The van der Waals surface area contributed by atoms with Crippen LogP contribution in [0.15, 0.2) is 23.6 Å². The van der Waals surface area contributed by atoms with E-state index in [9.17, 15) is 0 Å². The number of nitrogens with zero attached hydrogens (tertiary/aromatic N) is 3. The van der Waals surface area contributed by atoms with Gasteiger partial charge in [0.25, 0.3) is 0 Å². The minimum atomic E-state index is 0.107. The Balaban J connectivity index is 1.58. The van der Waals surface area contributed by atoms with Gasteiger partial charge in [-0.15, -0.1) is 11.3 Å². The number of pyridine rings is 1. The summed E-state index contributed by atoms with van der Waals surface area (Å²) in [4.78, 5) is 12.0. The zero-order valence-electron chi connectivity index (χ0n) is 19.9. The highest BCUT2D eigenvalue weighted by Gasteiger charge is 2.29. The molecule has 3 aromatic rings. The first-order valence-corrected chi connectivity index (χ1v) is 12.5. The van der Waals surface area contributed by atoms with E-state index < -0.39 is 0 Å². The van der Waals surface area contributed by atoms with Gasteiger partial charge in [-0.05, 0) is 39.8 Å². The molecule has 1 aromatic carbocycles. The zero-order valence-corrected chi connectivity index (χ0v) is 21.4. The second-order valence-electron chi connectivity index (χ2n) is 9.15. The summed E-state index contributed by atoms with van der Waals surface area (Å²) in [6.45, 7) is 13.0. The monoisotopic (exact) mass is 489 g/mol. The van der Waals surface area contributed by atoms with E-state index in [1.54, 1.807) is 18.4 Å². The molecule has 3 heterocycles. The molecule has 0 radical (unpaired) electrons. The van der Waals surface area contributed by atoms with E-state index in [1.807, 2.05) is 23.6 Å². The molecule has 2 aromatic heterocycles. The average molecular weight is 490 g/mol. The van der Waals surface area contributed by atoms with Crippen LogP contribution < -0.4 is 20.1 Å². The number of rotatable bonds is 8. The third-order valence-corrected chi connectivity index (χ3v) is 6.97. The number of hydrogen-bond donors (Lipinski definition) is 2. The Morgan fingerprint density at radius 1 is 1.24 bits per heavy atom. The number of thiazole rings is 1. The van der Waals surface area contributed by atoms with Crippen molar-refractivity contribution < 1.29 is 9.47 Å². The van der Waals surface area contributed by atoms with Crippen LogP contribution in [0, 0.1) is 0 Å². The van der Waals surface area contributed by atoms with Gasteiger partial charge in [-0.1, -0.05) is 11.6 Å². The number of hydrogen-bond acceptors (Lipinski definition) is 8. The van der Waals surface area contributed by atoms with Gasteiger partial charge in [0.15, 0.2) is 5.13 Å². The van der Waals surface area contributed by atoms with E-state index >= 15 is 0 Å². The van der Waals surface area contributed by atoms with Crippen molar-refractivity contribution in [2.45, 2.75) is 39.3 Å². The molecule has 33 heavy (non-hydrogen) atoms. The molecule has 0 bridgehead atoms.